The number of rotatable bonds is 48. The van der Waals surface area contributed by atoms with Gasteiger partial charge in [-0.15, -0.1) is 0 Å². The molecule has 0 aromatic heterocycles. The molecule has 0 spiro atoms. The number of allylic oxidation sites excluding steroid dienone is 22. The molecule has 0 fully saturated rings. The average molecular weight is 953 g/mol. The van der Waals surface area contributed by atoms with Crippen LogP contribution in [0.1, 0.15) is 226 Å². The molecule has 1 atom stereocenters. The SMILES string of the molecule is CC/C=C\C/C=C\C/C=C\CCCCCCCCC(=O)OCC(COC(=O)CCCCCCC\C=C/C=C\C=C/C=C\C=C/CCC)OC(=O)CCC/C=C\C/C=C\C/C=C\CCCCCCCC. The predicted octanol–water partition coefficient (Wildman–Crippen LogP) is 18.6. The predicted molar refractivity (Wildman–Crippen MR) is 297 cm³/mol. The minimum Gasteiger partial charge on any atom is -0.462 e. The monoisotopic (exact) mass is 953 g/mol. The Kier molecular flexibility index (Phi) is 52.5. The van der Waals surface area contributed by atoms with Crippen LogP contribution in [0.3, 0.4) is 0 Å². The largest absolute Gasteiger partial charge is 0.462 e. The van der Waals surface area contributed by atoms with Crippen LogP contribution in [0, 0.1) is 0 Å². The van der Waals surface area contributed by atoms with Crippen molar-refractivity contribution in [3.8, 4) is 0 Å². The van der Waals surface area contributed by atoms with E-state index in [2.05, 4.69) is 118 Å². The molecular weight excluding hydrogens is 853 g/mol. The minimum atomic E-state index is -0.826. The van der Waals surface area contributed by atoms with Crippen LogP contribution in [0.5, 0.6) is 0 Å². The lowest BCUT2D eigenvalue weighted by Crippen LogP contribution is -2.30. The standard InChI is InChI=1S/C63H100O6/c1-4-7-10-13-16-19-22-25-28-31-33-35-38-41-44-47-50-53-56-62(65)68-59-60(58-67-61(64)55-52-49-46-43-40-37-34-30-27-24-21-18-15-12-9-6-3)69-63(66)57-54-51-48-45-42-39-36-32-29-26-23-20-17-14-11-8-5-2/h9-10,12-13,16,18-19,21-22,25-31,33,35-36,39,45,48,60H,4-8,11,14-15,17,20,23-24,32,34,37-38,40-44,46-47,49-59H2,1-3H3/b12-9-,13-10-,19-16-,21-18-,25-22-,29-26-,30-27-,31-28-,35-33-,39-36-,48-45-. The highest BCUT2D eigenvalue weighted by Crippen LogP contribution is 2.13. The van der Waals surface area contributed by atoms with Crippen molar-refractivity contribution in [2.24, 2.45) is 0 Å². The fourth-order valence-electron chi connectivity index (χ4n) is 7.09. The van der Waals surface area contributed by atoms with Crippen LogP contribution < -0.4 is 0 Å². The molecule has 1 unspecified atom stereocenters. The van der Waals surface area contributed by atoms with Crippen molar-refractivity contribution in [3.05, 3.63) is 134 Å². The van der Waals surface area contributed by atoms with Gasteiger partial charge < -0.3 is 14.2 Å². The number of carbonyl (C=O) groups is 3. The molecule has 0 saturated carbocycles. The normalized spacial score (nSPS) is 13.1. The summed E-state index contributed by atoms with van der Waals surface area (Å²) in [5, 5.41) is 0. The first-order chi connectivity index (χ1) is 34.0. The van der Waals surface area contributed by atoms with E-state index in [0.29, 0.717) is 19.3 Å². The average Bonchev–Trinajstić information content (AvgIpc) is 3.35. The van der Waals surface area contributed by atoms with Crippen molar-refractivity contribution in [3.63, 3.8) is 0 Å². The summed E-state index contributed by atoms with van der Waals surface area (Å²) < 4.78 is 16.8. The second-order valence-electron chi connectivity index (χ2n) is 17.9. The van der Waals surface area contributed by atoms with Crippen LogP contribution in [0.25, 0.3) is 0 Å². The van der Waals surface area contributed by atoms with E-state index in [1.54, 1.807) is 0 Å². The number of esters is 3. The summed E-state index contributed by atoms with van der Waals surface area (Å²) in [4.78, 5) is 38.1. The molecule has 6 nitrogen and oxygen atoms in total. The molecule has 0 saturated heterocycles. The molecular formula is C63H100O6. The van der Waals surface area contributed by atoms with Crippen molar-refractivity contribution >= 4 is 17.9 Å². The summed E-state index contributed by atoms with van der Waals surface area (Å²) in [6.45, 7) is 6.35. The van der Waals surface area contributed by atoms with Crippen molar-refractivity contribution < 1.29 is 28.6 Å². The van der Waals surface area contributed by atoms with Crippen molar-refractivity contribution in [2.75, 3.05) is 13.2 Å². The first kappa shape index (κ1) is 64.5. The molecule has 0 rings (SSSR count). The van der Waals surface area contributed by atoms with Crippen molar-refractivity contribution in [1.29, 1.82) is 0 Å². The fourth-order valence-corrected chi connectivity index (χ4v) is 7.09. The highest BCUT2D eigenvalue weighted by Gasteiger charge is 2.19. The molecule has 0 aromatic carbocycles. The van der Waals surface area contributed by atoms with E-state index >= 15 is 0 Å². The third-order valence-corrected chi connectivity index (χ3v) is 11.2. The second-order valence-corrected chi connectivity index (χ2v) is 17.9. The summed E-state index contributed by atoms with van der Waals surface area (Å²) in [7, 11) is 0. The number of hydrogen-bond acceptors (Lipinski definition) is 6. The van der Waals surface area contributed by atoms with E-state index in [4.69, 9.17) is 14.2 Å². The third-order valence-electron chi connectivity index (χ3n) is 11.2. The van der Waals surface area contributed by atoms with Gasteiger partial charge in [-0.3, -0.25) is 14.4 Å². The molecule has 0 bridgehead atoms. The summed E-state index contributed by atoms with van der Waals surface area (Å²) in [6, 6.07) is 0. The van der Waals surface area contributed by atoms with E-state index in [1.165, 1.54) is 64.2 Å². The number of carbonyl (C=O) groups excluding carboxylic acids is 3. The maximum atomic E-state index is 12.8. The molecule has 6 heteroatoms. The van der Waals surface area contributed by atoms with Crippen LogP contribution in [-0.2, 0) is 28.6 Å². The van der Waals surface area contributed by atoms with Gasteiger partial charge in [-0.1, -0.05) is 238 Å². The first-order valence-corrected chi connectivity index (χ1v) is 27.8. The first-order valence-electron chi connectivity index (χ1n) is 27.8. The quantitative estimate of drug-likeness (QED) is 0.0199. The van der Waals surface area contributed by atoms with Gasteiger partial charge in [-0.25, -0.2) is 0 Å². The Bertz CT molecular complexity index is 1510. The van der Waals surface area contributed by atoms with Crippen LogP contribution in [0.2, 0.25) is 0 Å². The maximum absolute atomic E-state index is 12.8. The summed E-state index contributed by atoms with van der Waals surface area (Å²) >= 11 is 0. The second kappa shape index (κ2) is 56.1. The van der Waals surface area contributed by atoms with E-state index in [1.807, 2.05) is 36.5 Å². The Morgan fingerprint density at radius 1 is 0.319 bits per heavy atom. The number of ether oxygens (including phenoxy) is 3. The van der Waals surface area contributed by atoms with Crippen LogP contribution in [-0.4, -0.2) is 37.2 Å². The van der Waals surface area contributed by atoms with Gasteiger partial charge >= 0.3 is 17.9 Å². The molecule has 0 aliphatic heterocycles. The molecule has 0 N–H and O–H groups in total. The summed E-state index contributed by atoms with van der Waals surface area (Å²) in [5.41, 5.74) is 0. The van der Waals surface area contributed by atoms with Gasteiger partial charge in [0.2, 0.25) is 0 Å². The Morgan fingerprint density at radius 2 is 0.667 bits per heavy atom. The highest BCUT2D eigenvalue weighted by atomic mass is 16.6. The zero-order valence-electron chi connectivity index (χ0n) is 44.3. The fraction of sp³-hybridized carbons (Fsp3) is 0.603. The van der Waals surface area contributed by atoms with E-state index < -0.39 is 6.10 Å². The molecule has 0 heterocycles. The van der Waals surface area contributed by atoms with E-state index in [9.17, 15) is 14.4 Å². The number of unbranched alkanes of at least 4 members (excludes halogenated alkanes) is 19. The molecule has 0 aliphatic rings. The van der Waals surface area contributed by atoms with Gasteiger partial charge in [0.15, 0.2) is 6.10 Å². The molecule has 0 radical (unpaired) electrons. The van der Waals surface area contributed by atoms with Gasteiger partial charge in [0.25, 0.3) is 0 Å². The molecule has 388 valence electrons. The highest BCUT2D eigenvalue weighted by molar-refractivity contribution is 5.71. The lowest BCUT2D eigenvalue weighted by molar-refractivity contribution is -0.167. The smallest absolute Gasteiger partial charge is 0.306 e. The zero-order valence-corrected chi connectivity index (χ0v) is 44.3. The summed E-state index contributed by atoms with van der Waals surface area (Å²) in [6.07, 6.45) is 78.6. The summed E-state index contributed by atoms with van der Waals surface area (Å²) in [5.74, 6) is -1.01. The van der Waals surface area contributed by atoms with Gasteiger partial charge in [0, 0.05) is 19.3 Å². The Labute approximate surface area is 424 Å². The van der Waals surface area contributed by atoms with E-state index in [0.717, 1.165) is 116 Å². The van der Waals surface area contributed by atoms with Gasteiger partial charge in [-0.2, -0.15) is 0 Å². The topological polar surface area (TPSA) is 78.9 Å². The number of hydrogen-bond donors (Lipinski definition) is 0. The Balaban J connectivity index is 4.57. The molecule has 69 heavy (non-hydrogen) atoms. The Hall–Kier alpha value is -4.45. The van der Waals surface area contributed by atoms with Crippen LogP contribution >= 0.6 is 0 Å². The lowest BCUT2D eigenvalue weighted by Gasteiger charge is -2.18. The van der Waals surface area contributed by atoms with Crippen LogP contribution in [0.4, 0.5) is 0 Å². The third kappa shape index (κ3) is 54.4. The maximum Gasteiger partial charge on any atom is 0.306 e. The van der Waals surface area contributed by atoms with Gasteiger partial charge in [-0.05, 0) is 103 Å². The van der Waals surface area contributed by atoms with Crippen molar-refractivity contribution in [2.45, 2.75) is 232 Å². The molecule has 0 amide bonds. The Morgan fingerprint density at radius 3 is 1.12 bits per heavy atom. The molecule has 0 aromatic rings. The van der Waals surface area contributed by atoms with Crippen molar-refractivity contribution in [1.82, 2.24) is 0 Å². The van der Waals surface area contributed by atoms with Gasteiger partial charge in [0.05, 0.1) is 0 Å². The van der Waals surface area contributed by atoms with Gasteiger partial charge in [0.1, 0.15) is 13.2 Å². The van der Waals surface area contributed by atoms with E-state index in [-0.39, 0.29) is 37.5 Å². The molecule has 0 aliphatic carbocycles. The van der Waals surface area contributed by atoms with Crippen LogP contribution in [0.15, 0.2) is 134 Å². The lowest BCUT2D eigenvalue weighted by atomic mass is 10.1. The zero-order chi connectivity index (χ0) is 50.0. The minimum absolute atomic E-state index is 0.118.